The lowest BCUT2D eigenvalue weighted by Crippen LogP contribution is -2.77. The van der Waals surface area contributed by atoms with Crippen molar-refractivity contribution in [2.75, 3.05) is 6.54 Å². The predicted molar refractivity (Wildman–Crippen MR) is 54.2 cm³/mol. The Morgan fingerprint density at radius 3 is 3.00 bits per heavy atom. The largest absolute Gasteiger partial charge is 0.479 e. The second-order valence-electron chi connectivity index (χ2n) is 3.19. The molecule has 0 atom stereocenters. The van der Waals surface area contributed by atoms with E-state index in [9.17, 15) is 0 Å². The molecular formula is C11H14N2. The maximum atomic E-state index is 3.73. The van der Waals surface area contributed by atoms with E-state index in [1.807, 2.05) is 5.32 Å². The van der Waals surface area contributed by atoms with Crippen LogP contribution in [0.5, 0.6) is 0 Å². The lowest BCUT2D eigenvalue weighted by Gasteiger charge is -1.98. The van der Waals surface area contributed by atoms with Crippen LogP contribution in [0.3, 0.4) is 0 Å². The summed E-state index contributed by atoms with van der Waals surface area (Å²) >= 11 is 0. The number of para-hydroxylation sites is 1. The Balaban J connectivity index is 2.35. The average Bonchev–Trinajstić information content (AvgIpc) is 2.58. The topological polar surface area (TPSA) is 32.4 Å². The molecule has 2 nitrogen and oxygen atoms in total. The Morgan fingerprint density at radius 1 is 1.31 bits per heavy atom. The molecule has 0 aliphatic heterocycles. The first-order valence-corrected chi connectivity index (χ1v) is 4.57. The van der Waals surface area contributed by atoms with E-state index in [-0.39, 0.29) is 0 Å². The summed E-state index contributed by atoms with van der Waals surface area (Å²) < 4.78 is 0. The molecule has 2 aromatic rings. The Morgan fingerprint density at radius 2 is 2.15 bits per heavy atom. The molecule has 1 heterocycles. The van der Waals surface area contributed by atoms with Gasteiger partial charge >= 0.3 is 0 Å². The minimum Gasteiger partial charge on any atom is -0.479 e. The number of nitrogens with one attached hydrogen (secondary N) is 1. The van der Waals surface area contributed by atoms with Crippen molar-refractivity contribution in [2.24, 2.45) is 0 Å². The van der Waals surface area contributed by atoms with Gasteiger partial charge in [0.1, 0.15) is 0 Å². The van der Waals surface area contributed by atoms with Crippen LogP contribution in [0.25, 0.3) is 10.9 Å². The van der Waals surface area contributed by atoms with Gasteiger partial charge in [0.15, 0.2) is 0 Å². The van der Waals surface area contributed by atoms with Gasteiger partial charge in [-0.1, -0.05) is 18.2 Å². The molecule has 2 rings (SSSR count). The lowest BCUT2D eigenvalue weighted by molar-refractivity contribution is -0.594. The summed E-state index contributed by atoms with van der Waals surface area (Å²) in [5.74, 6) is 0. The van der Waals surface area contributed by atoms with Crippen molar-refractivity contribution in [2.45, 2.75) is 6.42 Å². The first-order chi connectivity index (χ1) is 6.42. The van der Waals surface area contributed by atoms with Crippen LogP contribution in [-0.4, -0.2) is 11.5 Å². The molecule has 0 fully saturated rings. The van der Waals surface area contributed by atoms with Crippen LogP contribution < -0.4 is 5.32 Å². The van der Waals surface area contributed by atoms with E-state index < -0.39 is 0 Å². The minimum atomic E-state index is 1.04. The van der Waals surface area contributed by atoms with Gasteiger partial charge in [0.05, 0.1) is 6.54 Å². The normalized spacial score (nSPS) is 10.8. The Hall–Kier alpha value is -1.28. The number of benzene rings is 1. The molecule has 0 amide bonds. The van der Waals surface area contributed by atoms with Crippen LogP contribution in [0.2, 0.25) is 0 Å². The number of fused-ring (bicyclic) bond motifs is 1. The zero-order valence-corrected chi connectivity index (χ0v) is 7.59. The van der Waals surface area contributed by atoms with Crippen LogP contribution in [0.4, 0.5) is 0 Å². The van der Waals surface area contributed by atoms with Gasteiger partial charge in [0, 0.05) is 23.5 Å². The maximum absolute atomic E-state index is 3.73. The van der Waals surface area contributed by atoms with E-state index in [0.717, 1.165) is 13.0 Å². The summed E-state index contributed by atoms with van der Waals surface area (Å²) in [6.45, 7) is 1.04. The van der Waals surface area contributed by atoms with E-state index in [2.05, 4.69) is 42.5 Å². The van der Waals surface area contributed by atoms with E-state index in [4.69, 9.17) is 0 Å². The van der Waals surface area contributed by atoms with Gasteiger partial charge < -0.3 is 10.3 Å². The number of hydrogen-bond donors (Lipinski definition) is 2. The molecule has 0 unspecified atom stereocenters. The number of H-pyrrole nitrogens is 1. The number of quaternary nitrogens is 1. The van der Waals surface area contributed by atoms with Gasteiger partial charge in [-0.2, -0.15) is 7.05 Å². The number of rotatable bonds is 3. The molecule has 0 bridgehead atoms. The van der Waals surface area contributed by atoms with E-state index in [0.29, 0.717) is 0 Å². The van der Waals surface area contributed by atoms with Gasteiger partial charge in [-0.3, -0.25) is 0 Å². The Kier molecular flexibility index (Phi) is 2.32. The quantitative estimate of drug-likeness (QED) is 0.652. The maximum Gasteiger partial charge on any atom is 0.0557 e. The Labute approximate surface area is 78.0 Å². The molecule has 0 radical (unpaired) electrons. The second-order valence-corrected chi connectivity index (χ2v) is 3.19. The summed E-state index contributed by atoms with van der Waals surface area (Å²) in [5.41, 5.74) is 2.61. The van der Waals surface area contributed by atoms with E-state index in [1.54, 1.807) is 0 Å². The van der Waals surface area contributed by atoms with Crippen molar-refractivity contribution in [3.8, 4) is 0 Å². The highest BCUT2D eigenvalue weighted by Crippen LogP contribution is 2.17. The molecular weight excluding hydrogens is 160 g/mol. The number of hydrogen-bond acceptors (Lipinski definition) is 0. The molecule has 1 aromatic carbocycles. The van der Waals surface area contributed by atoms with Crippen molar-refractivity contribution in [1.82, 2.24) is 4.98 Å². The molecule has 0 saturated carbocycles. The highest BCUT2D eigenvalue weighted by Gasteiger charge is 2.01. The van der Waals surface area contributed by atoms with Crippen LogP contribution in [-0.2, 0) is 6.42 Å². The zero-order valence-electron chi connectivity index (χ0n) is 7.59. The highest BCUT2D eigenvalue weighted by atomic mass is 14.8. The van der Waals surface area contributed by atoms with Crippen LogP contribution in [0.1, 0.15) is 5.56 Å². The summed E-state index contributed by atoms with van der Waals surface area (Å²) in [4.78, 5) is 3.26. The van der Waals surface area contributed by atoms with Crippen molar-refractivity contribution in [1.29, 1.82) is 0 Å². The fourth-order valence-electron chi connectivity index (χ4n) is 1.60. The summed E-state index contributed by atoms with van der Waals surface area (Å²) in [6.07, 6.45) is 3.17. The average molecular weight is 174 g/mol. The third-order valence-electron chi connectivity index (χ3n) is 2.29. The molecule has 0 aliphatic carbocycles. The first-order valence-electron chi connectivity index (χ1n) is 4.57. The van der Waals surface area contributed by atoms with Gasteiger partial charge in [0.2, 0.25) is 0 Å². The number of nitrogens with two attached hydrogens (primary N) is 1. The van der Waals surface area contributed by atoms with Gasteiger partial charge in [0.25, 0.3) is 0 Å². The van der Waals surface area contributed by atoms with Gasteiger partial charge in [-0.05, 0) is 11.6 Å². The van der Waals surface area contributed by atoms with E-state index in [1.165, 1.54) is 16.5 Å². The van der Waals surface area contributed by atoms with Gasteiger partial charge in [-0.15, -0.1) is 0 Å². The van der Waals surface area contributed by atoms with Crippen molar-refractivity contribution < 1.29 is 5.32 Å². The van der Waals surface area contributed by atoms with Crippen LogP contribution >= 0.6 is 0 Å². The van der Waals surface area contributed by atoms with Crippen LogP contribution in [0, 0.1) is 7.05 Å². The molecule has 1 aromatic heterocycles. The fraction of sp³-hybridized carbons (Fsp3) is 0.182. The smallest absolute Gasteiger partial charge is 0.0557 e. The monoisotopic (exact) mass is 174 g/mol. The minimum absolute atomic E-state index is 1.04. The highest BCUT2D eigenvalue weighted by molar-refractivity contribution is 5.82. The van der Waals surface area contributed by atoms with Gasteiger partial charge in [-0.25, -0.2) is 0 Å². The number of aromatic amines is 1. The molecule has 0 aliphatic rings. The summed E-state index contributed by atoms with van der Waals surface area (Å²) in [6, 6.07) is 8.39. The fourth-order valence-corrected chi connectivity index (χ4v) is 1.60. The molecule has 0 spiro atoms. The number of aromatic nitrogens is 1. The van der Waals surface area contributed by atoms with Crippen molar-refractivity contribution >= 4 is 10.9 Å². The molecule has 2 heteroatoms. The SMILES string of the molecule is [CH2-][NH2+]CCc1c[nH]c2ccccc12. The standard InChI is InChI=1S/C11H14N2/c1-12-7-6-9-8-13-11-5-3-2-4-10(9)11/h2-5,8,13H,1,6-7,12H2. The first kappa shape index (κ1) is 8.32. The third kappa shape index (κ3) is 1.58. The molecule has 3 N–H and O–H groups in total. The molecule has 0 saturated heterocycles. The van der Waals surface area contributed by atoms with E-state index >= 15 is 0 Å². The molecule has 68 valence electrons. The third-order valence-corrected chi connectivity index (χ3v) is 2.29. The second kappa shape index (κ2) is 3.62. The summed E-state index contributed by atoms with van der Waals surface area (Å²) in [5, 5.41) is 3.30. The zero-order chi connectivity index (χ0) is 9.10. The predicted octanol–water partition coefficient (Wildman–Crippen LogP) is 1.07. The van der Waals surface area contributed by atoms with Crippen LogP contribution in [0.15, 0.2) is 30.5 Å². The summed E-state index contributed by atoms with van der Waals surface area (Å²) in [7, 11) is 3.73. The van der Waals surface area contributed by atoms with Crippen molar-refractivity contribution in [3.05, 3.63) is 43.1 Å². The van der Waals surface area contributed by atoms with Crippen molar-refractivity contribution in [3.63, 3.8) is 0 Å². The Bertz CT molecular complexity index is 390. The molecule has 13 heavy (non-hydrogen) atoms. The lowest BCUT2D eigenvalue weighted by atomic mass is 10.1.